The fourth-order valence-electron chi connectivity index (χ4n) is 5.41. The zero-order valence-electron chi connectivity index (χ0n) is 20.0. The van der Waals surface area contributed by atoms with E-state index in [2.05, 4.69) is 35.5 Å². The topological polar surface area (TPSA) is 136 Å². The molecule has 11 heteroatoms. The van der Waals surface area contributed by atoms with Gasteiger partial charge in [0.2, 0.25) is 0 Å². The lowest BCUT2D eigenvalue weighted by atomic mass is 9.52. The number of carbonyl (C=O) groups is 3. The molecule has 3 fully saturated rings. The zero-order chi connectivity index (χ0) is 25.3. The summed E-state index contributed by atoms with van der Waals surface area (Å²) in [6.45, 7) is 9.44. The Bertz CT molecular complexity index is 1380. The number of Topliss-reactive ketones (excluding diaryl/α,β-unsaturated/α-hetero) is 1. The van der Waals surface area contributed by atoms with Crippen LogP contribution in [0.25, 0.3) is 10.6 Å². The maximum absolute atomic E-state index is 13.2. The van der Waals surface area contributed by atoms with E-state index in [4.69, 9.17) is 6.57 Å². The van der Waals surface area contributed by atoms with Crippen LogP contribution in [0.1, 0.15) is 72.0 Å². The first-order valence-electron chi connectivity index (χ1n) is 11.9. The number of rotatable bonds is 7. The highest BCUT2D eigenvalue weighted by Crippen LogP contribution is 2.56. The molecule has 0 aromatic carbocycles. The molecule has 11 nitrogen and oxygen atoms in total. The number of aromatic nitrogens is 5. The minimum atomic E-state index is -0.477. The molecule has 3 saturated carbocycles. The van der Waals surface area contributed by atoms with Gasteiger partial charge in [-0.05, 0) is 68.6 Å². The summed E-state index contributed by atoms with van der Waals surface area (Å²) in [6.07, 6.45) is 8.17. The van der Waals surface area contributed by atoms with Crippen molar-refractivity contribution in [2.24, 2.45) is 10.8 Å². The molecule has 2 bridgehead atoms. The molecule has 3 heterocycles. The highest BCUT2D eigenvalue weighted by atomic mass is 16.2. The first-order valence-corrected chi connectivity index (χ1v) is 11.9. The maximum Gasteiger partial charge on any atom is 0.270 e. The van der Waals surface area contributed by atoms with Crippen LogP contribution in [0.2, 0.25) is 0 Å². The predicted octanol–water partition coefficient (Wildman–Crippen LogP) is 2.66. The van der Waals surface area contributed by atoms with E-state index >= 15 is 0 Å². The zero-order valence-corrected chi connectivity index (χ0v) is 20.0. The van der Waals surface area contributed by atoms with Crippen molar-refractivity contribution in [2.45, 2.75) is 52.0 Å². The first kappa shape index (κ1) is 23.5. The molecule has 0 atom stereocenters. The van der Waals surface area contributed by atoms with Gasteiger partial charge >= 0.3 is 0 Å². The third-order valence-corrected chi connectivity index (χ3v) is 7.87. The molecular weight excluding hydrogens is 460 g/mol. The number of carbonyl (C=O) groups excluding carboxylic acids is 3. The Kier molecular flexibility index (Phi) is 5.96. The van der Waals surface area contributed by atoms with Crippen molar-refractivity contribution in [1.82, 2.24) is 35.2 Å². The van der Waals surface area contributed by atoms with E-state index in [9.17, 15) is 14.4 Å². The molecule has 0 saturated heterocycles. The molecule has 0 unspecified atom stereocenters. The number of pyridine rings is 1. The summed E-state index contributed by atoms with van der Waals surface area (Å²) in [5.41, 5.74) is 0.762. The third-order valence-electron chi connectivity index (χ3n) is 7.87. The number of hydrogen-bond acceptors (Lipinski definition) is 7. The van der Waals surface area contributed by atoms with Gasteiger partial charge in [-0.1, -0.05) is 6.57 Å². The average molecular weight is 487 g/mol. The Labute approximate surface area is 207 Å². The van der Waals surface area contributed by atoms with E-state index in [1.807, 2.05) is 0 Å². The van der Waals surface area contributed by atoms with Gasteiger partial charge in [0.1, 0.15) is 29.7 Å². The SMILES string of the molecule is [C-]#[N+]c1cc(CNC(=O)c2cc(C(=O)NCC34CCC(C(C)=O)(CC3)CC4)n3ncnc3n2)ccn1. The number of fused-ring (bicyclic) bond motifs is 4. The second kappa shape index (κ2) is 9.11. The first-order chi connectivity index (χ1) is 17.3. The molecule has 2 amide bonds. The van der Waals surface area contributed by atoms with Crippen LogP contribution in [0, 0.1) is 17.4 Å². The van der Waals surface area contributed by atoms with Crippen molar-refractivity contribution in [3.63, 3.8) is 0 Å². The second-order valence-corrected chi connectivity index (χ2v) is 9.83. The van der Waals surface area contributed by atoms with Crippen LogP contribution in [-0.2, 0) is 11.3 Å². The van der Waals surface area contributed by atoms with Crippen LogP contribution in [0.5, 0.6) is 0 Å². The Morgan fingerprint density at radius 1 is 1.06 bits per heavy atom. The smallest absolute Gasteiger partial charge is 0.270 e. The van der Waals surface area contributed by atoms with E-state index in [1.165, 1.54) is 23.1 Å². The molecule has 0 aliphatic heterocycles. The monoisotopic (exact) mass is 486 g/mol. The van der Waals surface area contributed by atoms with Crippen molar-refractivity contribution in [3.05, 3.63) is 59.1 Å². The molecule has 3 aromatic rings. The summed E-state index contributed by atoms with van der Waals surface area (Å²) in [5, 5.41) is 9.90. The van der Waals surface area contributed by atoms with Crippen LogP contribution in [-0.4, -0.2) is 48.7 Å². The van der Waals surface area contributed by atoms with E-state index in [1.54, 1.807) is 19.1 Å². The average Bonchev–Trinajstić information content (AvgIpc) is 3.40. The minimum absolute atomic E-state index is 0.00366. The molecule has 3 aliphatic rings. The van der Waals surface area contributed by atoms with E-state index < -0.39 is 5.91 Å². The minimum Gasteiger partial charge on any atom is -0.361 e. The van der Waals surface area contributed by atoms with Crippen LogP contribution in [0.4, 0.5) is 5.82 Å². The van der Waals surface area contributed by atoms with Gasteiger partial charge < -0.3 is 15.5 Å². The van der Waals surface area contributed by atoms with Crippen LogP contribution >= 0.6 is 0 Å². The predicted molar refractivity (Wildman–Crippen MR) is 128 cm³/mol. The quantitative estimate of drug-likeness (QED) is 0.490. The maximum atomic E-state index is 13.2. The fraction of sp³-hybridized carbons (Fsp3) is 0.440. The third kappa shape index (κ3) is 4.30. The van der Waals surface area contributed by atoms with E-state index in [0.29, 0.717) is 6.54 Å². The van der Waals surface area contributed by atoms with E-state index in [0.717, 1.165) is 44.1 Å². The van der Waals surface area contributed by atoms with Gasteiger partial charge in [-0.3, -0.25) is 14.4 Å². The van der Waals surface area contributed by atoms with Crippen molar-refractivity contribution in [2.75, 3.05) is 6.54 Å². The fourth-order valence-corrected chi connectivity index (χ4v) is 5.41. The molecule has 0 spiro atoms. The molecule has 184 valence electrons. The summed E-state index contributed by atoms with van der Waals surface area (Å²) in [6, 6.07) is 4.71. The highest BCUT2D eigenvalue weighted by Gasteiger charge is 2.50. The molecular formula is C25H26N8O3. The number of amides is 2. The highest BCUT2D eigenvalue weighted by molar-refractivity contribution is 5.98. The Hall–Kier alpha value is -4.20. The van der Waals surface area contributed by atoms with Gasteiger partial charge in [-0.2, -0.15) is 14.6 Å². The summed E-state index contributed by atoms with van der Waals surface area (Å²) in [4.78, 5) is 53.7. The number of ketones is 1. The normalized spacial score (nSPS) is 22.7. The van der Waals surface area contributed by atoms with Gasteiger partial charge in [0.25, 0.3) is 23.4 Å². The van der Waals surface area contributed by atoms with Gasteiger partial charge in [-0.25, -0.2) is 4.98 Å². The van der Waals surface area contributed by atoms with E-state index in [-0.39, 0.29) is 52.0 Å². The lowest BCUT2D eigenvalue weighted by molar-refractivity contribution is -0.135. The standard InChI is InChI=1S/C25H26N8O3/c1-16(34)25-7-4-24(5-8-25,6-9-25)14-29-22(36)19-12-18(32-23-30-15-31-33(19)23)21(35)28-13-17-3-10-27-20(11-17)26-2/h3,10-12,15H,4-9,13-14H2,1H3,(H,28,35)(H,29,36). The van der Waals surface area contributed by atoms with Crippen LogP contribution in [0.3, 0.4) is 0 Å². The van der Waals surface area contributed by atoms with Gasteiger partial charge in [0.15, 0.2) is 0 Å². The van der Waals surface area contributed by atoms with Crippen molar-refractivity contribution < 1.29 is 14.4 Å². The number of hydrogen-bond donors (Lipinski definition) is 2. The van der Waals surface area contributed by atoms with Crippen molar-refractivity contribution in [3.8, 4) is 0 Å². The van der Waals surface area contributed by atoms with Gasteiger partial charge in [0, 0.05) is 24.6 Å². The summed E-state index contributed by atoms with van der Waals surface area (Å²) >= 11 is 0. The molecule has 3 aromatic heterocycles. The Morgan fingerprint density at radius 2 is 1.81 bits per heavy atom. The summed E-state index contributed by atoms with van der Waals surface area (Å²) in [5.74, 6) is -0.166. The lowest BCUT2D eigenvalue weighted by Gasteiger charge is -2.52. The number of nitrogens with one attached hydrogen (secondary N) is 2. The summed E-state index contributed by atoms with van der Waals surface area (Å²) in [7, 11) is 0. The molecule has 36 heavy (non-hydrogen) atoms. The Balaban J connectivity index is 1.29. The number of nitrogens with zero attached hydrogens (tertiary/aromatic N) is 6. The van der Waals surface area contributed by atoms with Crippen molar-refractivity contribution in [1.29, 1.82) is 0 Å². The largest absolute Gasteiger partial charge is 0.361 e. The van der Waals surface area contributed by atoms with Gasteiger partial charge in [0.05, 0.1) is 0 Å². The second-order valence-electron chi connectivity index (χ2n) is 9.83. The van der Waals surface area contributed by atoms with Crippen molar-refractivity contribution >= 4 is 29.2 Å². The molecule has 2 N–H and O–H groups in total. The molecule has 3 aliphatic carbocycles. The lowest BCUT2D eigenvalue weighted by Crippen LogP contribution is -2.49. The Morgan fingerprint density at radius 3 is 2.50 bits per heavy atom. The molecule has 0 radical (unpaired) electrons. The van der Waals surface area contributed by atoms with Crippen LogP contribution in [0.15, 0.2) is 30.7 Å². The van der Waals surface area contributed by atoms with Crippen LogP contribution < -0.4 is 10.6 Å². The summed E-state index contributed by atoms with van der Waals surface area (Å²) < 4.78 is 1.32. The van der Waals surface area contributed by atoms with Gasteiger partial charge in [-0.15, -0.1) is 4.98 Å². The molecule has 6 rings (SSSR count).